The first kappa shape index (κ1) is 21.1. The molecule has 1 atom stereocenters. The molecule has 2 amide bonds. The largest absolute Gasteiger partial charge is 0.345 e. The minimum atomic E-state index is -0.0398. The normalized spacial score (nSPS) is 19.0. The summed E-state index contributed by atoms with van der Waals surface area (Å²) in [6.45, 7) is 7.00. The second-order valence-corrected chi connectivity index (χ2v) is 9.77. The Hall–Kier alpha value is -2.12. The second kappa shape index (κ2) is 8.94. The lowest BCUT2D eigenvalue weighted by Gasteiger charge is -2.35. The molecule has 160 valence electrons. The van der Waals surface area contributed by atoms with Gasteiger partial charge in [-0.05, 0) is 43.5 Å². The highest BCUT2D eigenvalue weighted by Gasteiger charge is 2.30. The predicted octanol–water partition coefficient (Wildman–Crippen LogP) is 3.84. The van der Waals surface area contributed by atoms with Crippen molar-refractivity contribution < 1.29 is 9.59 Å². The Bertz CT molecular complexity index is 920. The second-order valence-electron chi connectivity index (χ2n) is 8.27. The van der Waals surface area contributed by atoms with Crippen LogP contribution in [-0.4, -0.2) is 47.9 Å². The molecular weight excluding hydrogens is 420 g/mol. The van der Waals surface area contributed by atoms with Crippen LogP contribution in [0, 0.1) is 11.8 Å². The highest BCUT2D eigenvalue weighted by molar-refractivity contribution is 7.15. The van der Waals surface area contributed by atoms with Crippen molar-refractivity contribution in [2.24, 2.45) is 11.8 Å². The van der Waals surface area contributed by atoms with Gasteiger partial charge in [-0.2, -0.15) is 0 Å². The number of hydrogen-bond donors (Lipinski definition) is 1. The fourth-order valence-corrected chi connectivity index (χ4v) is 5.35. The quantitative estimate of drug-likeness (QED) is 0.774. The third-order valence-corrected chi connectivity index (χ3v) is 7.20. The zero-order valence-corrected chi connectivity index (χ0v) is 18.9. The van der Waals surface area contributed by atoms with Gasteiger partial charge in [0.15, 0.2) is 5.13 Å². The lowest BCUT2D eigenvalue weighted by Crippen LogP contribution is -2.49. The van der Waals surface area contributed by atoms with E-state index in [0.717, 1.165) is 62.0 Å². The number of rotatable bonds is 4. The van der Waals surface area contributed by atoms with Crippen LogP contribution < -0.4 is 10.2 Å². The molecule has 30 heavy (non-hydrogen) atoms. The van der Waals surface area contributed by atoms with Gasteiger partial charge in [0.05, 0.1) is 5.69 Å². The summed E-state index contributed by atoms with van der Waals surface area (Å²) in [5, 5.41) is 4.68. The third kappa shape index (κ3) is 4.62. The average Bonchev–Trinajstić information content (AvgIpc) is 3.18. The molecule has 4 rings (SSSR count). The maximum absolute atomic E-state index is 12.7. The number of anilines is 2. The Morgan fingerprint density at radius 3 is 2.53 bits per heavy atom. The Labute approximate surface area is 186 Å². The zero-order valence-electron chi connectivity index (χ0n) is 17.4. The predicted molar refractivity (Wildman–Crippen MR) is 121 cm³/mol. The van der Waals surface area contributed by atoms with E-state index in [1.807, 2.05) is 30.9 Å². The molecule has 2 aliphatic rings. The van der Waals surface area contributed by atoms with E-state index in [1.54, 1.807) is 23.5 Å². The number of aromatic nitrogens is 1. The number of piperazine rings is 1. The number of aryl methyl sites for hydroxylation is 1. The SMILES string of the molecule is CC(C)C(=O)N1CCN(c2nc3c(s2)CC(C(=O)Nc2ccc(Cl)cc2)CC3)CC1. The molecule has 2 aromatic rings. The number of amides is 2. The van der Waals surface area contributed by atoms with E-state index >= 15 is 0 Å². The van der Waals surface area contributed by atoms with Crippen LogP contribution >= 0.6 is 22.9 Å². The molecule has 0 bridgehead atoms. The molecule has 2 heterocycles. The van der Waals surface area contributed by atoms with Crippen LogP contribution in [0.25, 0.3) is 0 Å². The summed E-state index contributed by atoms with van der Waals surface area (Å²) in [4.78, 5) is 35.2. The molecule has 1 unspecified atom stereocenters. The molecule has 0 radical (unpaired) electrons. The summed E-state index contributed by atoms with van der Waals surface area (Å²) in [6, 6.07) is 7.20. The first-order chi connectivity index (χ1) is 14.4. The van der Waals surface area contributed by atoms with Crippen molar-refractivity contribution in [3.8, 4) is 0 Å². The molecule has 1 aliphatic carbocycles. The van der Waals surface area contributed by atoms with Crippen molar-refractivity contribution in [2.45, 2.75) is 33.1 Å². The molecule has 1 saturated heterocycles. The molecule has 1 N–H and O–H groups in total. The van der Waals surface area contributed by atoms with E-state index in [2.05, 4.69) is 10.2 Å². The van der Waals surface area contributed by atoms with Gasteiger partial charge in [0.2, 0.25) is 11.8 Å². The first-order valence-electron chi connectivity index (χ1n) is 10.5. The third-order valence-electron chi connectivity index (χ3n) is 5.77. The van der Waals surface area contributed by atoms with Crippen LogP contribution in [0.3, 0.4) is 0 Å². The van der Waals surface area contributed by atoms with E-state index in [9.17, 15) is 9.59 Å². The van der Waals surface area contributed by atoms with Crippen LogP contribution in [0.15, 0.2) is 24.3 Å². The smallest absolute Gasteiger partial charge is 0.227 e. The maximum atomic E-state index is 12.7. The summed E-state index contributed by atoms with van der Waals surface area (Å²) in [6.07, 6.45) is 2.38. The minimum absolute atomic E-state index is 0.0398. The van der Waals surface area contributed by atoms with Gasteiger partial charge in [0.25, 0.3) is 0 Å². The number of halogens is 1. The molecule has 1 aromatic carbocycles. The number of thiazole rings is 1. The van der Waals surface area contributed by atoms with Crippen molar-refractivity contribution in [1.29, 1.82) is 0 Å². The number of benzene rings is 1. The average molecular weight is 447 g/mol. The number of hydrogen-bond acceptors (Lipinski definition) is 5. The number of carbonyl (C=O) groups excluding carboxylic acids is 2. The van der Waals surface area contributed by atoms with E-state index in [1.165, 1.54) is 4.88 Å². The number of fused-ring (bicyclic) bond motifs is 1. The molecule has 0 spiro atoms. The Morgan fingerprint density at radius 2 is 1.87 bits per heavy atom. The summed E-state index contributed by atoms with van der Waals surface area (Å²) >= 11 is 7.62. The maximum Gasteiger partial charge on any atom is 0.227 e. The fraction of sp³-hybridized carbons (Fsp3) is 0.500. The van der Waals surface area contributed by atoms with Crippen LogP contribution in [0.5, 0.6) is 0 Å². The first-order valence-corrected chi connectivity index (χ1v) is 11.7. The van der Waals surface area contributed by atoms with E-state index in [4.69, 9.17) is 16.6 Å². The van der Waals surface area contributed by atoms with Crippen molar-refractivity contribution in [3.63, 3.8) is 0 Å². The lowest BCUT2D eigenvalue weighted by atomic mass is 9.90. The van der Waals surface area contributed by atoms with Crippen molar-refractivity contribution >= 4 is 45.6 Å². The van der Waals surface area contributed by atoms with Crippen LogP contribution in [0.1, 0.15) is 30.8 Å². The Morgan fingerprint density at radius 1 is 1.17 bits per heavy atom. The molecule has 6 nitrogen and oxygen atoms in total. The van der Waals surface area contributed by atoms with Crippen LogP contribution in [0.4, 0.5) is 10.8 Å². The van der Waals surface area contributed by atoms with Gasteiger partial charge < -0.3 is 15.1 Å². The van der Waals surface area contributed by atoms with Gasteiger partial charge in [0.1, 0.15) is 0 Å². The van der Waals surface area contributed by atoms with Crippen molar-refractivity contribution in [3.05, 3.63) is 39.9 Å². The van der Waals surface area contributed by atoms with Gasteiger partial charge in [-0.15, -0.1) is 11.3 Å². The summed E-state index contributed by atoms with van der Waals surface area (Å²) < 4.78 is 0. The summed E-state index contributed by atoms with van der Waals surface area (Å²) in [7, 11) is 0. The van der Waals surface area contributed by atoms with Crippen molar-refractivity contribution in [1.82, 2.24) is 9.88 Å². The van der Waals surface area contributed by atoms with Crippen LogP contribution in [0.2, 0.25) is 5.02 Å². The molecular formula is C22H27ClN4O2S. The van der Waals surface area contributed by atoms with Gasteiger partial charge >= 0.3 is 0 Å². The van der Waals surface area contributed by atoms with Crippen LogP contribution in [-0.2, 0) is 22.4 Å². The standard InChI is InChI=1S/C22H27ClN4O2S/c1-14(2)21(29)26-9-11-27(12-10-26)22-25-18-8-3-15(13-19(18)30-22)20(28)24-17-6-4-16(23)5-7-17/h4-7,14-15H,3,8-13H2,1-2H3,(H,24,28). The van der Waals surface area contributed by atoms with E-state index in [0.29, 0.717) is 5.02 Å². The molecule has 1 aromatic heterocycles. The number of carbonyl (C=O) groups is 2. The van der Waals surface area contributed by atoms with Gasteiger partial charge in [-0.25, -0.2) is 4.98 Å². The fourth-order valence-electron chi connectivity index (χ4n) is 3.98. The van der Waals surface area contributed by atoms with Crippen molar-refractivity contribution in [2.75, 3.05) is 36.4 Å². The number of nitrogens with zero attached hydrogens (tertiary/aromatic N) is 3. The molecule has 0 saturated carbocycles. The Balaban J connectivity index is 1.36. The lowest BCUT2D eigenvalue weighted by molar-refractivity contribution is -0.134. The van der Waals surface area contributed by atoms with Gasteiger partial charge in [0, 0.05) is 53.6 Å². The molecule has 8 heteroatoms. The molecule has 1 aliphatic heterocycles. The van der Waals surface area contributed by atoms with E-state index < -0.39 is 0 Å². The Kier molecular flexibility index (Phi) is 6.29. The zero-order chi connectivity index (χ0) is 21.3. The topological polar surface area (TPSA) is 65.5 Å². The van der Waals surface area contributed by atoms with Gasteiger partial charge in [-0.3, -0.25) is 9.59 Å². The summed E-state index contributed by atoms with van der Waals surface area (Å²) in [5.41, 5.74) is 1.90. The minimum Gasteiger partial charge on any atom is -0.345 e. The monoisotopic (exact) mass is 446 g/mol. The number of nitrogens with one attached hydrogen (secondary N) is 1. The summed E-state index contributed by atoms with van der Waals surface area (Å²) in [5.74, 6) is 0.281. The van der Waals surface area contributed by atoms with E-state index in [-0.39, 0.29) is 23.7 Å². The highest BCUT2D eigenvalue weighted by atomic mass is 35.5. The van der Waals surface area contributed by atoms with Gasteiger partial charge in [-0.1, -0.05) is 25.4 Å². The molecule has 1 fully saturated rings. The highest BCUT2D eigenvalue weighted by Crippen LogP contribution is 2.35.